The van der Waals surface area contributed by atoms with Crippen molar-refractivity contribution >= 4 is 22.9 Å². The number of piperazine rings is 1. The first-order valence-electron chi connectivity index (χ1n) is 11.1. The van der Waals surface area contributed by atoms with Gasteiger partial charge in [0.1, 0.15) is 12.2 Å². The Bertz CT molecular complexity index is 1510. The van der Waals surface area contributed by atoms with E-state index >= 15 is 0 Å². The Morgan fingerprint density at radius 2 is 1.89 bits per heavy atom. The summed E-state index contributed by atoms with van der Waals surface area (Å²) in [4.78, 5) is 22.6. The summed E-state index contributed by atoms with van der Waals surface area (Å²) in [5.74, 6) is -5.52. The van der Waals surface area contributed by atoms with Crippen LogP contribution in [-0.2, 0) is 24.4 Å². The first-order chi connectivity index (χ1) is 17.5. The predicted molar refractivity (Wildman–Crippen MR) is 123 cm³/mol. The van der Waals surface area contributed by atoms with Crippen molar-refractivity contribution in [2.45, 2.75) is 18.6 Å². The van der Waals surface area contributed by atoms with E-state index in [-0.39, 0.29) is 47.2 Å². The van der Waals surface area contributed by atoms with Crippen LogP contribution in [0.3, 0.4) is 0 Å². The van der Waals surface area contributed by atoms with Crippen molar-refractivity contribution < 1.29 is 31.9 Å². The lowest BCUT2D eigenvalue weighted by molar-refractivity contribution is -0.140. The van der Waals surface area contributed by atoms with Crippen LogP contribution in [0.4, 0.5) is 27.9 Å². The molecule has 3 heterocycles. The highest BCUT2D eigenvalue weighted by Gasteiger charge is 2.38. The Hall–Kier alpha value is -4.29. The van der Waals surface area contributed by atoms with E-state index < -0.39 is 34.7 Å². The minimum Gasteiger partial charge on any atom is -0.503 e. The molecule has 0 bridgehead atoms. The topological polar surface area (TPSA) is 96.2 Å². The summed E-state index contributed by atoms with van der Waals surface area (Å²) >= 11 is 0. The number of hydrogen-bond acceptors (Lipinski definition) is 6. The molecule has 192 valence electrons. The minimum absolute atomic E-state index is 0.0247. The Balaban J connectivity index is 1.58. The van der Waals surface area contributed by atoms with Gasteiger partial charge in [-0.05, 0) is 18.1 Å². The van der Waals surface area contributed by atoms with Gasteiger partial charge in [-0.3, -0.25) is 4.79 Å². The zero-order valence-electron chi connectivity index (χ0n) is 19.2. The number of aromatic hydroxyl groups is 1. The lowest BCUT2D eigenvalue weighted by Crippen LogP contribution is -2.55. The largest absolute Gasteiger partial charge is 0.503 e. The van der Waals surface area contributed by atoms with Crippen molar-refractivity contribution in [3.63, 3.8) is 0 Å². The van der Waals surface area contributed by atoms with Gasteiger partial charge in [-0.15, -0.1) is 0 Å². The fourth-order valence-corrected chi connectivity index (χ4v) is 4.35. The van der Waals surface area contributed by atoms with E-state index in [4.69, 9.17) is 0 Å². The number of anilines is 1. The summed E-state index contributed by atoms with van der Waals surface area (Å²) in [5, 5.41) is 16.7. The number of benzene rings is 2. The number of fused-ring (bicyclic) bond motifs is 1. The van der Waals surface area contributed by atoms with Crippen LogP contribution in [-0.4, -0.2) is 49.9 Å². The number of phenolic OH excluding ortho intramolecular Hbond substituents is 1. The van der Waals surface area contributed by atoms with Crippen LogP contribution in [0, 0.1) is 11.6 Å². The maximum atomic E-state index is 14.7. The maximum absolute atomic E-state index is 14.7. The van der Waals surface area contributed by atoms with E-state index in [0.717, 1.165) is 5.56 Å². The van der Waals surface area contributed by atoms with Crippen molar-refractivity contribution in [1.29, 1.82) is 0 Å². The van der Waals surface area contributed by atoms with Crippen LogP contribution in [0.5, 0.6) is 5.75 Å². The molecule has 13 heteroatoms. The number of nitrogens with zero attached hydrogens (tertiary/aromatic N) is 5. The number of halogens is 5. The first-order valence-corrected chi connectivity index (χ1v) is 11.1. The average molecular weight is 518 g/mol. The van der Waals surface area contributed by atoms with Crippen molar-refractivity contribution in [2.24, 2.45) is 7.05 Å². The standard InChI is InChI=1S/C24H19F5N6O2/c1-34-22-15(20(33-34)14-8-16(24(27,28)29)19(26)21(37)18(14)25)10-31-23(32-22)35-11-17(36)30-9-13(35)7-12-5-3-2-4-6-12/h2-6,8,10,13,37H,7,9,11H2,1H3,(H,30,36)/t13-/m1/s1. The molecule has 0 unspecified atom stereocenters. The molecule has 8 nitrogen and oxygen atoms in total. The number of carbonyl (C=O) groups is 1. The van der Waals surface area contributed by atoms with Gasteiger partial charge in [0.25, 0.3) is 0 Å². The Kier molecular flexibility index (Phi) is 5.92. The third kappa shape index (κ3) is 4.41. The Morgan fingerprint density at radius 3 is 2.59 bits per heavy atom. The minimum atomic E-state index is -5.18. The molecule has 1 fully saturated rings. The van der Waals surface area contributed by atoms with Gasteiger partial charge in [0.2, 0.25) is 11.9 Å². The molecule has 1 aliphatic rings. The summed E-state index contributed by atoms with van der Waals surface area (Å²) < 4.78 is 69.8. The third-order valence-corrected chi connectivity index (χ3v) is 6.17. The van der Waals surface area contributed by atoms with Crippen LogP contribution in [0.15, 0.2) is 42.6 Å². The van der Waals surface area contributed by atoms with Gasteiger partial charge in [-0.1, -0.05) is 30.3 Å². The number of phenols is 1. The fraction of sp³-hybridized carbons (Fsp3) is 0.250. The fourth-order valence-electron chi connectivity index (χ4n) is 4.35. The molecule has 2 N–H and O–H groups in total. The molecular weight excluding hydrogens is 499 g/mol. The van der Waals surface area contributed by atoms with Gasteiger partial charge < -0.3 is 15.3 Å². The monoisotopic (exact) mass is 518 g/mol. The third-order valence-electron chi connectivity index (χ3n) is 6.17. The van der Waals surface area contributed by atoms with Crippen molar-refractivity contribution in [3.05, 3.63) is 65.4 Å². The van der Waals surface area contributed by atoms with E-state index in [2.05, 4.69) is 20.4 Å². The van der Waals surface area contributed by atoms with E-state index in [0.29, 0.717) is 13.0 Å². The lowest BCUT2D eigenvalue weighted by atomic mass is 10.0. The van der Waals surface area contributed by atoms with Crippen molar-refractivity contribution in [3.8, 4) is 17.0 Å². The number of alkyl halides is 3. The van der Waals surface area contributed by atoms with Gasteiger partial charge >= 0.3 is 6.18 Å². The number of carbonyl (C=O) groups excluding carboxylic acids is 1. The second kappa shape index (κ2) is 8.98. The number of aromatic nitrogens is 4. The second-order valence-electron chi connectivity index (χ2n) is 8.60. The molecule has 0 spiro atoms. The van der Waals surface area contributed by atoms with Gasteiger partial charge in [0.05, 0.1) is 17.0 Å². The highest BCUT2D eigenvalue weighted by molar-refractivity contribution is 5.92. The van der Waals surface area contributed by atoms with Crippen LogP contribution >= 0.6 is 0 Å². The number of rotatable bonds is 4. The average Bonchev–Trinajstić information content (AvgIpc) is 3.19. The normalized spacial score (nSPS) is 16.3. The zero-order chi connectivity index (χ0) is 26.5. The van der Waals surface area contributed by atoms with Gasteiger partial charge in [0, 0.05) is 25.4 Å². The van der Waals surface area contributed by atoms with Gasteiger partial charge in [-0.25, -0.2) is 18.4 Å². The molecule has 1 aliphatic heterocycles. The summed E-state index contributed by atoms with van der Waals surface area (Å²) in [6.45, 7) is 0.315. The number of nitrogens with one attached hydrogen (secondary N) is 1. The Labute approximate surface area is 206 Å². The summed E-state index contributed by atoms with van der Waals surface area (Å²) in [6, 6.07) is 9.66. The molecule has 4 aromatic rings. The molecule has 0 aliphatic carbocycles. The Morgan fingerprint density at radius 1 is 1.16 bits per heavy atom. The SMILES string of the molecule is Cn1nc(-c2cc(C(F)(F)F)c(F)c(O)c2F)c2cnc(N3CC(=O)NC[C@H]3Cc3ccccc3)nc21. The molecule has 1 atom stereocenters. The quantitative estimate of drug-likeness (QED) is 0.401. The summed E-state index contributed by atoms with van der Waals surface area (Å²) in [6.07, 6.45) is -3.35. The van der Waals surface area contributed by atoms with E-state index in [1.54, 1.807) is 4.90 Å². The van der Waals surface area contributed by atoms with E-state index in [9.17, 15) is 31.9 Å². The number of aryl methyl sites for hydroxylation is 1. The smallest absolute Gasteiger partial charge is 0.419 e. The summed E-state index contributed by atoms with van der Waals surface area (Å²) in [7, 11) is 1.44. The molecule has 37 heavy (non-hydrogen) atoms. The zero-order valence-corrected chi connectivity index (χ0v) is 19.2. The van der Waals surface area contributed by atoms with Crippen LogP contribution < -0.4 is 10.2 Å². The molecule has 0 radical (unpaired) electrons. The van der Waals surface area contributed by atoms with Crippen molar-refractivity contribution in [1.82, 2.24) is 25.1 Å². The molecule has 0 saturated carbocycles. The molecule has 1 saturated heterocycles. The van der Waals surface area contributed by atoms with Crippen LogP contribution in [0.1, 0.15) is 11.1 Å². The molecule has 2 aromatic heterocycles. The predicted octanol–water partition coefficient (Wildman–Crippen LogP) is 3.58. The highest BCUT2D eigenvalue weighted by Crippen LogP contribution is 2.41. The van der Waals surface area contributed by atoms with Crippen molar-refractivity contribution in [2.75, 3.05) is 18.0 Å². The van der Waals surface area contributed by atoms with Gasteiger partial charge in [0.15, 0.2) is 23.0 Å². The van der Waals surface area contributed by atoms with E-state index in [1.807, 2.05) is 30.3 Å². The number of amides is 1. The van der Waals surface area contributed by atoms with Crippen LogP contribution in [0.2, 0.25) is 0 Å². The van der Waals surface area contributed by atoms with Crippen LogP contribution in [0.25, 0.3) is 22.3 Å². The van der Waals surface area contributed by atoms with Gasteiger partial charge in [-0.2, -0.15) is 23.3 Å². The molecule has 2 aromatic carbocycles. The number of hydrogen-bond donors (Lipinski definition) is 2. The molecule has 5 rings (SSSR count). The summed E-state index contributed by atoms with van der Waals surface area (Å²) in [5.41, 5.74) is -1.72. The second-order valence-corrected chi connectivity index (χ2v) is 8.60. The van der Waals surface area contributed by atoms with E-state index in [1.165, 1.54) is 17.9 Å². The highest BCUT2D eigenvalue weighted by atomic mass is 19.4. The maximum Gasteiger partial charge on any atom is 0.419 e. The lowest BCUT2D eigenvalue weighted by Gasteiger charge is -2.35. The molecule has 1 amide bonds. The first kappa shape index (κ1) is 24.4. The molecular formula is C24H19F5N6O2.